The predicted octanol–water partition coefficient (Wildman–Crippen LogP) is 2.07. The number of nitrogens with zero attached hydrogens (tertiary/aromatic N) is 3. The molecular formula is C17H23N5O. The number of anilines is 3. The van der Waals surface area contributed by atoms with E-state index in [4.69, 9.17) is 10.5 Å². The molecular weight excluding hydrogens is 290 g/mol. The predicted molar refractivity (Wildman–Crippen MR) is 92.6 cm³/mol. The van der Waals surface area contributed by atoms with Crippen LogP contribution in [0.5, 0.6) is 0 Å². The number of ether oxygens (including phenoxy) is 1. The second kappa shape index (κ2) is 6.83. The number of hydrogen-bond donors (Lipinski definition) is 2. The number of nitrogens with one attached hydrogen (secondary N) is 1. The topological polar surface area (TPSA) is 76.3 Å². The van der Waals surface area contributed by atoms with Crippen LogP contribution in [0, 0.1) is 0 Å². The molecule has 1 aromatic heterocycles. The first kappa shape index (κ1) is 15.6. The zero-order chi connectivity index (χ0) is 16.2. The van der Waals surface area contributed by atoms with E-state index in [1.807, 2.05) is 6.92 Å². The summed E-state index contributed by atoms with van der Waals surface area (Å²) in [6.45, 7) is 4.35. The van der Waals surface area contributed by atoms with Gasteiger partial charge in [0, 0.05) is 26.2 Å². The molecule has 0 saturated carbocycles. The van der Waals surface area contributed by atoms with Crippen LogP contribution in [0.25, 0.3) is 0 Å². The summed E-state index contributed by atoms with van der Waals surface area (Å²) in [7, 11) is 1.68. The maximum Gasteiger partial charge on any atom is 0.157 e. The summed E-state index contributed by atoms with van der Waals surface area (Å²) >= 11 is 0. The molecule has 23 heavy (non-hydrogen) atoms. The van der Waals surface area contributed by atoms with Gasteiger partial charge in [0.15, 0.2) is 11.6 Å². The second-order valence-corrected chi connectivity index (χ2v) is 5.90. The van der Waals surface area contributed by atoms with Gasteiger partial charge in [-0.05, 0) is 24.5 Å². The lowest BCUT2D eigenvalue weighted by atomic mass is 10.00. The molecule has 0 amide bonds. The average Bonchev–Trinajstić information content (AvgIpc) is 2.56. The lowest BCUT2D eigenvalue weighted by molar-refractivity contribution is 0.190. The van der Waals surface area contributed by atoms with Crippen molar-refractivity contribution in [1.29, 1.82) is 0 Å². The highest BCUT2D eigenvalue weighted by Crippen LogP contribution is 2.30. The number of nitrogens with two attached hydrogens (primary N) is 1. The van der Waals surface area contributed by atoms with Crippen molar-refractivity contribution in [2.45, 2.75) is 25.9 Å². The first-order valence-corrected chi connectivity index (χ1v) is 7.86. The number of rotatable bonds is 5. The van der Waals surface area contributed by atoms with Gasteiger partial charge in [-0.25, -0.2) is 9.97 Å². The summed E-state index contributed by atoms with van der Waals surface area (Å²) in [6.07, 6.45) is 2.57. The van der Waals surface area contributed by atoms with E-state index in [1.54, 1.807) is 13.4 Å². The summed E-state index contributed by atoms with van der Waals surface area (Å²) in [4.78, 5) is 10.9. The van der Waals surface area contributed by atoms with Gasteiger partial charge in [-0.1, -0.05) is 24.3 Å². The Labute approximate surface area is 136 Å². The zero-order valence-corrected chi connectivity index (χ0v) is 13.6. The summed E-state index contributed by atoms with van der Waals surface area (Å²) in [5, 5.41) is 3.28. The zero-order valence-electron chi connectivity index (χ0n) is 13.6. The van der Waals surface area contributed by atoms with Crippen LogP contribution in [-0.2, 0) is 17.7 Å². The smallest absolute Gasteiger partial charge is 0.157 e. The van der Waals surface area contributed by atoms with Gasteiger partial charge >= 0.3 is 0 Å². The molecule has 0 aliphatic carbocycles. The Kier molecular flexibility index (Phi) is 4.62. The molecule has 1 atom stereocenters. The number of fused-ring (bicyclic) bond motifs is 1. The van der Waals surface area contributed by atoms with E-state index >= 15 is 0 Å². The lowest BCUT2D eigenvalue weighted by Crippen LogP contribution is -2.32. The minimum atomic E-state index is 0.132. The first-order valence-electron chi connectivity index (χ1n) is 7.86. The van der Waals surface area contributed by atoms with Crippen LogP contribution in [0.4, 0.5) is 17.3 Å². The van der Waals surface area contributed by atoms with E-state index < -0.39 is 0 Å². The van der Waals surface area contributed by atoms with Gasteiger partial charge in [0.2, 0.25) is 0 Å². The summed E-state index contributed by atoms with van der Waals surface area (Å²) < 4.78 is 5.14. The first-order chi connectivity index (χ1) is 11.2. The van der Waals surface area contributed by atoms with Crippen LogP contribution in [0.1, 0.15) is 18.1 Å². The molecule has 6 heteroatoms. The minimum absolute atomic E-state index is 0.132. The number of methoxy groups -OCH3 is 1. The highest BCUT2D eigenvalue weighted by atomic mass is 16.5. The summed E-state index contributed by atoms with van der Waals surface area (Å²) in [5.41, 5.74) is 9.64. The van der Waals surface area contributed by atoms with E-state index in [0.717, 1.165) is 25.3 Å². The van der Waals surface area contributed by atoms with E-state index in [0.29, 0.717) is 18.1 Å². The summed E-state index contributed by atoms with van der Waals surface area (Å²) in [5.74, 6) is 1.46. The van der Waals surface area contributed by atoms with Crippen molar-refractivity contribution in [2.24, 2.45) is 0 Å². The van der Waals surface area contributed by atoms with Gasteiger partial charge in [0.05, 0.1) is 6.61 Å². The van der Waals surface area contributed by atoms with Crippen molar-refractivity contribution in [3.8, 4) is 0 Å². The van der Waals surface area contributed by atoms with Crippen LogP contribution in [0.2, 0.25) is 0 Å². The quantitative estimate of drug-likeness (QED) is 0.880. The fraction of sp³-hybridized carbons (Fsp3) is 0.412. The molecule has 0 fully saturated rings. The SMILES string of the molecule is COCC(C)Nc1ncnc(N2CCc3ccccc3C2)c1N. The van der Waals surface area contributed by atoms with Gasteiger partial charge in [0.1, 0.15) is 12.0 Å². The maximum atomic E-state index is 6.31. The molecule has 2 aromatic rings. The highest BCUT2D eigenvalue weighted by molar-refractivity contribution is 5.75. The number of aromatic nitrogens is 2. The number of benzene rings is 1. The standard InChI is InChI=1S/C17H23N5O/c1-12(10-23-2)21-16-15(18)17(20-11-19-16)22-8-7-13-5-3-4-6-14(13)9-22/h3-6,11-12H,7-10,18H2,1-2H3,(H,19,20,21). The monoisotopic (exact) mass is 313 g/mol. The molecule has 1 unspecified atom stereocenters. The van der Waals surface area contributed by atoms with Crippen molar-refractivity contribution < 1.29 is 4.74 Å². The van der Waals surface area contributed by atoms with Crippen molar-refractivity contribution in [2.75, 3.05) is 36.2 Å². The van der Waals surface area contributed by atoms with Gasteiger partial charge in [0.25, 0.3) is 0 Å². The van der Waals surface area contributed by atoms with Crippen molar-refractivity contribution in [3.63, 3.8) is 0 Å². The largest absolute Gasteiger partial charge is 0.393 e. The van der Waals surface area contributed by atoms with Crippen molar-refractivity contribution >= 4 is 17.3 Å². The molecule has 0 spiro atoms. The average molecular weight is 313 g/mol. The molecule has 2 heterocycles. The lowest BCUT2D eigenvalue weighted by Gasteiger charge is -2.31. The second-order valence-electron chi connectivity index (χ2n) is 5.90. The molecule has 0 saturated heterocycles. The molecule has 0 radical (unpaired) electrons. The van der Waals surface area contributed by atoms with Crippen LogP contribution >= 0.6 is 0 Å². The summed E-state index contributed by atoms with van der Waals surface area (Å²) in [6, 6.07) is 8.65. The molecule has 0 bridgehead atoms. The number of nitrogen functional groups attached to an aromatic ring is 1. The number of hydrogen-bond acceptors (Lipinski definition) is 6. The Morgan fingerprint density at radius 2 is 2.09 bits per heavy atom. The Morgan fingerprint density at radius 1 is 1.30 bits per heavy atom. The fourth-order valence-corrected chi connectivity index (χ4v) is 2.95. The molecule has 1 aliphatic heterocycles. The Bertz CT molecular complexity index is 676. The highest BCUT2D eigenvalue weighted by Gasteiger charge is 2.21. The van der Waals surface area contributed by atoms with E-state index in [-0.39, 0.29) is 6.04 Å². The Hall–Kier alpha value is -2.34. The minimum Gasteiger partial charge on any atom is -0.393 e. The van der Waals surface area contributed by atoms with Gasteiger partial charge in [-0.3, -0.25) is 0 Å². The van der Waals surface area contributed by atoms with Crippen LogP contribution < -0.4 is 16.0 Å². The van der Waals surface area contributed by atoms with Crippen molar-refractivity contribution in [1.82, 2.24) is 9.97 Å². The van der Waals surface area contributed by atoms with E-state index in [2.05, 4.69) is 44.5 Å². The van der Waals surface area contributed by atoms with Gasteiger partial charge in [-0.2, -0.15) is 0 Å². The third-order valence-corrected chi connectivity index (χ3v) is 4.09. The van der Waals surface area contributed by atoms with Crippen molar-refractivity contribution in [3.05, 3.63) is 41.7 Å². The fourth-order valence-electron chi connectivity index (χ4n) is 2.95. The van der Waals surface area contributed by atoms with Crippen LogP contribution in [0.3, 0.4) is 0 Å². The maximum absolute atomic E-state index is 6.31. The van der Waals surface area contributed by atoms with Gasteiger partial charge < -0.3 is 20.7 Å². The molecule has 1 aliphatic rings. The molecule has 3 rings (SSSR count). The Balaban J connectivity index is 1.81. The third-order valence-electron chi connectivity index (χ3n) is 4.09. The molecule has 122 valence electrons. The molecule has 1 aromatic carbocycles. The van der Waals surface area contributed by atoms with E-state index in [1.165, 1.54) is 11.1 Å². The third kappa shape index (κ3) is 3.37. The van der Waals surface area contributed by atoms with E-state index in [9.17, 15) is 0 Å². The molecule has 3 N–H and O–H groups in total. The van der Waals surface area contributed by atoms with Crippen LogP contribution in [-0.4, -0.2) is 36.3 Å². The van der Waals surface area contributed by atoms with Crippen LogP contribution in [0.15, 0.2) is 30.6 Å². The molecule has 6 nitrogen and oxygen atoms in total. The normalized spacial score (nSPS) is 15.1. The van der Waals surface area contributed by atoms with Gasteiger partial charge in [-0.15, -0.1) is 0 Å². The Morgan fingerprint density at radius 3 is 2.87 bits per heavy atom.